The van der Waals surface area contributed by atoms with Gasteiger partial charge in [0.15, 0.2) is 0 Å². The highest BCUT2D eigenvalue weighted by Crippen LogP contribution is 2.30. The van der Waals surface area contributed by atoms with Crippen LogP contribution in [0.3, 0.4) is 0 Å². The Morgan fingerprint density at radius 2 is 2.26 bits per heavy atom. The summed E-state index contributed by atoms with van der Waals surface area (Å²) in [6.07, 6.45) is 4.61. The minimum absolute atomic E-state index is 0.00659. The number of carbonyl (C=O) groups is 1. The predicted molar refractivity (Wildman–Crippen MR) is 80.8 cm³/mol. The lowest BCUT2D eigenvalue weighted by Gasteiger charge is -2.35. The molecule has 106 valence electrons. The van der Waals surface area contributed by atoms with Crippen molar-refractivity contribution in [2.75, 3.05) is 6.54 Å². The summed E-state index contributed by atoms with van der Waals surface area (Å²) in [5, 5.41) is 0. The first-order valence-electron chi connectivity index (χ1n) is 6.57. The average molecular weight is 377 g/mol. The van der Waals surface area contributed by atoms with E-state index >= 15 is 0 Å². The third kappa shape index (κ3) is 3.84. The third-order valence-electron chi connectivity index (χ3n) is 3.01. The second-order valence-corrected chi connectivity index (χ2v) is 6.96. The van der Waals surface area contributed by atoms with Gasteiger partial charge in [0.05, 0.1) is 15.9 Å². The van der Waals surface area contributed by atoms with Gasteiger partial charge in [-0.1, -0.05) is 0 Å². The minimum atomic E-state index is -0.462. The van der Waals surface area contributed by atoms with Gasteiger partial charge in [-0.15, -0.1) is 0 Å². The monoisotopic (exact) mass is 377 g/mol. The summed E-state index contributed by atoms with van der Waals surface area (Å²) >= 11 is 2.19. The molecule has 2 heterocycles. The second kappa shape index (κ2) is 5.68. The van der Waals surface area contributed by atoms with Crippen molar-refractivity contribution < 1.29 is 9.53 Å². The van der Waals surface area contributed by atoms with Gasteiger partial charge in [0.2, 0.25) is 0 Å². The van der Waals surface area contributed by atoms with E-state index in [0.29, 0.717) is 0 Å². The molecule has 0 aromatic carbocycles. The van der Waals surface area contributed by atoms with Crippen molar-refractivity contribution in [2.45, 2.75) is 51.7 Å². The molecule has 1 unspecified atom stereocenters. The fourth-order valence-electron chi connectivity index (χ4n) is 2.24. The number of likely N-dealkylation sites (tertiary alicyclic amines) is 1. The van der Waals surface area contributed by atoms with Crippen molar-refractivity contribution in [3.63, 3.8) is 0 Å². The summed E-state index contributed by atoms with van der Waals surface area (Å²) in [5.41, 5.74) is -0.462. The molecule has 5 nitrogen and oxygen atoms in total. The van der Waals surface area contributed by atoms with Gasteiger partial charge in [-0.2, -0.15) is 0 Å². The van der Waals surface area contributed by atoms with Gasteiger partial charge in [-0.05, 0) is 62.6 Å². The minimum Gasteiger partial charge on any atom is -0.444 e. The molecule has 2 rings (SSSR count). The van der Waals surface area contributed by atoms with Crippen LogP contribution in [0, 0.1) is 3.70 Å². The lowest BCUT2D eigenvalue weighted by atomic mass is 10.0. The maximum atomic E-state index is 12.3. The second-order valence-electron chi connectivity index (χ2n) is 5.80. The number of nitrogens with zero attached hydrogens (tertiary/aromatic N) is 2. The summed E-state index contributed by atoms with van der Waals surface area (Å²) in [4.78, 5) is 21.6. The lowest BCUT2D eigenvalue weighted by molar-refractivity contribution is 0.00853. The third-order valence-corrected chi connectivity index (χ3v) is 3.56. The van der Waals surface area contributed by atoms with E-state index in [1.54, 1.807) is 11.1 Å². The van der Waals surface area contributed by atoms with E-state index in [9.17, 15) is 4.79 Å². The maximum Gasteiger partial charge on any atom is 0.410 e. The molecular weight excluding hydrogens is 357 g/mol. The first kappa shape index (κ1) is 14.6. The number of ether oxygens (including phenoxy) is 1. The predicted octanol–water partition coefficient (Wildman–Crippen LogP) is 3.48. The van der Waals surface area contributed by atoms with Crippen molar-refractivity contribution in [3.8, 4) is 0 Å². The van der Waals surface area contributed by atoms with Gasteiger partial charge in [-0.25, -0.2) is 9.78 Å². The van der Waals surface area contributed by atoms with E-state index in [1.807, 2.05) is 20.8 Å². The van der Waals surface area contributed by atoms with E-state index in [0.717, 1.165) is 35.3 Å². The summed E-state index contributed by atoms with van der Waals surface area (Å²) in [5.74, 6) is 0.856. The highest BCUT2D eigenvalue weighted by Gasteiger charge is 2.32. The molecule has 1 aliphatic rings. The molecule has 1 atom stereocenters. The smallest absolute Gasteiger partial charge is 0.410 e. The van der Waals surface area contributed by atoms with Crippen LogP contribution in [0.5, 0.6) is 0 Å². The van der Waals surface area contributed by atoms with Crippen LogP contribution in [0.4, 0.5) is 4.79 Å². The van der Waals surface area contributed by atoms with Crippen molar-refractivity contribution in [2.24, 2.45) is 0 Å². The molecule has 0 bridgehead atoms. The molecule has 6 heteroatoms. The van der Waals surface area contributed by atoms with Crippen molar-refractivity contribution in [1.29, 1.82) is 0 Å². The topological polar surface area (TPSA) is 58.2 Å². The van der Waals surface area contributed by atoms with E-state index < -0.39 is 5.60 Å². The standard InChI is InChI=1S/C13H20IN3O2/c1-13(2,3)19-12(18)17-7-5-4-6-9(17)11-15-8-10(14)16-11/h8-9H,4-7H2,1-3H3,(H,15,16). The molecule has 1 amide bonds. The van der Waals surface area contributed by atoms with E-state index in [4.69, 9.17) is 4.74 Å². The van der Waals surface area contributed by atoms with Gasteiger partial charge in [0, 0.05) is 6.54 Å². The Labute approximate surface area is 127 Å². The van der Waals surface area contributed by atoms with Crippen LogP contribution >= 0.6 is 22.6 Å². The van der Waals surface area contributed by atoms with Gasteiger partial charge < -0.3 is 9.72 Å². The zero-order valence-corrected chi connectivity index (χ0v) is 13.7. The Balaban J connectivity index is 2.14. The molecule has 1 saturated heterocycles. The van der Waals surface area contributed by atoms with E-state index in [1.165, 1.54) is 0 Å². The highest BCUT2D eigenvalue weighted by atomic mass is 127. The molecule has 0 saturated carbocycles. The normalized spacial score (nSPS) is 20.4. The number of piperidine rings is 1. The summed E-state index contributed by atoms with van der Waals surface area (Å²) in [7, 11) is 0. The van der Waals surface area contributed by atoms with Crippen LogP contribution in [-0.2, 0) is 4.74 Å². The Kier molecular flexibility index (Phi) is 4.37. The van der Waals surface area contributed by atoms with Gasteiger partial charge in [0.1, 0.15) is 11.4 Å². The number of H-pyrrole nitrogens is 1. The molecule has 1 fully saturated rings. The van der Waals surface area contributed by atoms with Gasteiger partial charge in [-0.3, -0.25) is 4.90 Å². The zero-order valence-electron chi connectivity index (χ0n) is 11.6. The lowest BCUT2D eigenvalue weighted by Crippen LogP contribution is -2.42. The van der Waals surface area contributed by atoms with E-state index in [2.05, 4.69) is 32.6 Å². The maximum absolute atomic E-state index is 12.3. The fourth-order valence-corrected chi connectivity index (χ4v) is 2.65. The van der Waals surface area contributed by atoms with Crippen LogP contribution in [0.15, 0.2) is 6.20 Å². The van der Waals surface area contributed by atoms with Crippen molar-refractivity contribution in [1.82, 2.24) is 14.9 Å². The molecular formula is C13H20IN3O2. The molecule has 1 aromatic heterocycles. The molecule has 0 spiro atoms. The Bertz CT molecular complexity index is 453. The van der Waals surface area contributed by atoms with Crippen molar-refractivity contribution >= 4 is 28.7 Å². The highest BCUT2D eigenvalue weighted by molar-refractivity contribution is 14.1. The number of hydrogen-bond donors (Lipinski definition) is 1. The first-order valence-corrected chi connectivity index (χ1v) is 7.65. The number of aromatic amines is 1. The number of rotatable bonds is 1. The van der Waals surface area contributed by atoms with Crippen LogP contribution < -0.4 is 0 Å². The molecule has 1 N–H and O–H groups in total. The number of carbonyl (C=O) groups excluding carboxylic acids is 1. The zero-order chi connectivity index (χ0) is 14.0. The first-order chi connectivity index (χ1) is 8.87. The molecule has 1 aromatic rings. The SMILES string of the molecule is CC(C)(C)OC(=O)N1CCCCC1c1ncc(I)[nH]1. The number of aromatic nitrogens is 2. The number of hydrogen-bond acceptors (Lipinski definition) is 3. The molecule has 19 heavy (non-hydrogen) atoms. The summed E-state index contributed by atoms with van der Waals surface area (Å²) in [6.45, 7) is 6.40. The van der Waals surface area contributed by atoms with Crippen LogP contribution in [0.1, 0.15) is 51.9 Å². The number of imidazole rings is 1. The number of nitrogens with one attached hydrogen (secondary N) is 1. The number of halogens is 1. The van der Waals surface area contributed by atoms with Gasteiger partial charge >= 0.3 is 6.09 Å². The van der Waals surface area contributed by atoms with E-state index in [-0.39, 0.29) is 12.1 Å². The molecule has 0 radical (unpaired) electrons. The Morgan fingerprint density at radius 3 is 2.84 bits per heavy atom. The summed E-state index contributed by atoms with van der Waals surface area (Å²) < 4.78 is 6.47. The van der Waals surface area contributed by atoms with Crippen LogP contribution in [0.2, 0.25) is 0 Å². The molecule has 0 aliphatic carbocycles. The number of amides is 1. The van der Waals surface area contributed by atoms with Crippen LogP contribution in [-0.4, -0.2) is 33.1 Å². The largest absolute Gasteiger partial charge is 0.444 e. The average Bonchev–Trinajstić information content (AvgIpc) is 2.73. The van der Waals surface area contributed by atoms with Crippen molar-refractivity contribution in [3.05, 3.63) is 15.7 Å². The summed E-state index contributed by atoms with van der Waals surface area (Å²) in [6, 6.07) is 0.00659. The quantitative estimate of drug-likeness (QED) is 0.763. The van der Waals surface area contributed by atoms with Gasteiger partial charge in [0.25, 0.3) is 0 Å². The Hall–Kier alpha value is -0.790. The molecule has 1 aliphatic heterocycles. The fraction of sp³-hybridized carbons (Fsp3) is 0.692. The Morgan fingerprint density at radius 1 is 1.53 bits per heavy atom. The van der Waals surface area contributed by atoms with Crippen LogP contribution in [0.25, 0.3) is 0 Å².